The fourth-order valence-corrected chi connectivity index (χ4v) is 0.656. The molecule has 0 spiro atoms. The Kier molecular flexibility index (Phi) is 4.76. The molecule has 0 heterocycles. The van der Waals surface area contributed by atoms with Gasteiger partial charge in [-0.05, 0) is 12.1 Å². The van der Waals surface area contributed by atoms with Crippen LogP contribution in [0.25, 0.3) is 0 Å². The molecule has 0 N–H and O–H groups in total. The van der Waals surface area contributed by atoms with E-state index in [1.54, 1.807) is 0 Å². The molecule has 0 amide bonds. The monoisotopic (exact) mass is 184 g/mol. The molecule has 0 saturated carbocycles. The molecule has 0 bridgehead atoms. The van der Waals surface area contributed by atoms with Crippen molar-refractivity contribution in [1.82, 2.24) is 0 Å². The predicted octanol–water partition coefficient (Wildman–Crippen LogP) is 1.85. The Morgan fingerprint density at radius 1 is 1.11 bits per heavy atom. The van der Waals surface area contributed by atoms with Crippen LogP contribution in [0.4, 0.5) is 0 Å². The molecule has 0 aliphatic rings. The number of rotatable bonds is 1. The summed E-state index contributed by atoms with van der Waals surface area (Å²) >= 11 is 0. The normalized spacial score (nSPS) is 7.67. The summed E-state index contributed by atoms with van der Waals surface area (Å²) < 4.78 is 4.83. The van der Waals surface area contributed by atoms with Gasteiger partial charge in [0.15, 0.2) is 0 Å². The molecule has 52 valence electrons. The smallest absolute Gasteiger partial charge is 0.122 e. The van der Waals surface area contributed by atoms with Gasteiger partial charge in [0.2, 0.25) is 0 Å². The third-order valence-corrected chi connectivity index (χ3v) is 1.15. The molecular weight excluding hydrogens is 178 g/mol. The number of para-hydroxylation sites is 1. The van der Waals surface area contributed by atoms with Crippen LogP contribution in [0.3, 0.4) is 0 Å². The minimum absolute atomic E-state index is 0. The van der Waals surface area contributed by atoms with Gasteiger partial charge in [0.25, 0.3) is 0 Å². The van der Waals surface area contributed by atoms with Crippen molar-refractivity contribution in [2.24, 2.45) is 0 Å². The van der Waals surface area contributed by atoms with Crippen molar-refractivity contribution in [2.45, 2.75) is 0 Å². The predicted molar refractivity (Wildman–Crippen MR) is 36.8 cm³/mol. The SMILES string of the molecule is POc1ccccc1.[Ni]. The van der Waals surface area contributed by atoms with Crippen LogP contribution >= 0.6 is 9.47 Å². The molecule has 9 heavy (non-hydrogen) atoms. The summed E-state index contributed by atoms with van der Waals surface area (Å²) in [5.41, 5.74) is 0. The van der Waals surface area contributed by atoms with E-state index < -0.39 is 0 Å². The van der Waals surface area contributed by atoms with Crippen LogP contribution < -0.4 is 4.52 Å². The maximum absolute atomic E-state index is 4.83. The van der Waals surface area contributed by atoms with Crippen molar-refractivity contribution in [3.63, 3.8) is 0 Å². The van der Waals surface area contributed by atoms with E-state index in [1.807, 2.05) is 30.3 Å². The maximum atomic E-state index is 4.83. The summed E-state index contributed by atoms with van der Waals surface area (Å²) in [5.74, 6) is 0.873. The van der Waals surface area contributed by atoms with Crippen molar-refractivity contribution in [3.8, 4) is 5.75 Å². The van der Waals surface area contributed by atoms with Gasteiger partial charge in [-0.3, -0.25) is 0 Å². The summed E-state index contributed by atoms with van der Waals surface area (Å²) in [7, 11) is 2.19. The summed E-state index contributed by atoms with van der Waals surface area (Å²) in [5, 5.41) is 0. The van der Waals surface area contributed by atoms with Gasteiger partial charge >= 0.3 is 0 Å². The van der Waals surface area contributed by atoms with Gasteiger partial charge in [-0.1, -0.05) is 18.2 Å². The van der Waals surface area contributed by atoms with Gasteiger partial charge in [0, 0.05) is 16.5 Å². The van der Waals surface area contributed by atoms with Gasteiger partial charge in [-0.15, -0.1) is 0 Å². The number of benzene rings is 1. The van der Waals surface area contributed by atoms with Crippen molar-refractivity contribution in [1.29, 1.82) is 0 Å². The fraction of sp³-hybridized carbons (Fsp3) is 0. The van der Waals surface area contributed by atoms with E-state index in [0.717, 1.165) is 5.75 Å². The molecule has 1 nitrogen and oxygen atoms in total. The van der Waals surface area contributed by atoms with Gasteiger partial charge in [-0.2, -0.15) is 0 Å². The zero-order valence-electron chi connectivity index (χ0n) is 4.69. The zero-order valence-corrected chi connectivity index (χ0v) is 6.83. The minimum atomic E-state index is 0. The molecule has 0 radical (unpaired) electrons. The van der Waals surface area contributed by atoms with Gasteiger partial charge < -0.3 is 4.52 Å². The van der Waals surface area contributed by atoms with E-state index >= 15 is 0 Å². The second kappa shape index (κ2) is 4.79. The molecule has 0 aromatic heterocycles. The van der Waals surface area contributed by atoms with Crippen LogP contribution in [0.15, 0.2) is 30.3 Å². The molecule has 1 rings (SSSR count). The topological polar surface area (TPSA) is 9.23 Å². The molecule has 1 aromatic rings. The third kappa shape index (κ3) is 2.84. The second-order valence-corrected chi connectivity index (χ2v) is 1.67. The van der Waals surface area contributed by atoms with Crippen LogP contribution in [0.1, 0.15) is 0 Å². The minimum Gasteiger partial charge on any atom is -0.480 e. The van der Waals surface area contributed by atoms with Crippen molar-refractivity contribution in [3.05, 3.63) is 30.3 Å². The van der Waals surface area contributed by atoms with Gasteiger partial charge in [-0.25, -0.2) is 0 Å². The van der Waals surface area contributed by atoms with Crippen LogP contribution in [-0.4, -0.2) is 0 Å². The summed E-state index contributed by atoms with van der Waals surface area (Å²) in [6, 6.07) is 9.60. The molecular formula is C6H7NiOP. The molecule has 1 aromatic carbocycles. The van der Waals surface area contributed by atoms with E-state index in [1.165, 1.54) is 0 Å². The Morgan fingerprint density at radius 3 is 2.00 bits per heavy atom. The van der Waals surface area contributed by atoms with Crippen molar-refractivity contribution >= 4 is 9.47 Å². The van der Waals surface area contributed by atoms with E-state index in [-0.39, 0.29) is 16.5 Å². The van der Waals surface area contributed by atoms with Gasteiger partial charge in [0.05, 0.1) is 9.47 Å². The van der Waals surface area contributed by atoms with Crippen LogP contribution in [0.2, 0.25) is 0 Å². The zero-order chi connectivity index (χ0) is 5.82. The average molecular weight is 185 g/mol. The summed E-state index contributed by atoms with van der Waals surface area (Å²) in [4.78, 5) is 0. The standard InChI is InChI=1S/C6H7OP.Ni/c8-7-6-4-2-1-3-5-6;/h1-5H,8H2;. The van der Waals surface area contributed by atoms with Crippen LogP contribution in [-0.2, 0) is 16.5 Å². The largest absolute Gasteiger partial charge is 0.480 e. The maximum Gasteiger partial charge on any atom is 0.122 e. The first kappa shape index (κ1) is 8.94. The van der Waals surface area contributed by atoms with E-state index in [9.17, 15) is 0 Å². The van der Waals surface area contributed by atoms with Crippen molar-refractivity contribution in [2.75, 3.05) is 0 Å². The van der Waals surface area contributed by atoms with Crippen molar-refractivity contribution < 1.29 is 21.0 Å². The fourth-order valence-electron chi connectivity index (χ4n) is 0.499. The first-order chi connectivity index (χ1) is 3.93. The molecule has 1 atom stereocenters. The molecule has 0 saturated heterocycles. The Hall–Kier alpha value is -0.0565. The number of hydrogen-bond acceptors (Lipinski definition) is 1. The average Bonchev–Trinajstić information content (AvgIpc) is 1.90. The summed E-state index contributed by atoms with van der Waals surface area (Å²) in [6.07, 6.45) is 0. The Balaban J connectivity index is 0.000000640. The molecule has 1 unspecified atom stereocenters. The Labute approximate surface area is 67.0 Å². The van der Waals surface area contributed by atoms with Gasteiger partial charge in [0.1, 0.15) is 5.75 Å². The molecule has 0 aliphatic carbocycles. The first-order valence-corrected chi connectivity index (χ1v) is 2.82. The molecule has 0 aliphatic heterocycles. The quantitative estimate of drug-likeness (QED) is 0.479. The first-order valence-electron chi connectivity index (χ1n) is 2.35. The number of hydrogen-bond donors (Lipinski definition) is 0. The van der Waals surface area contributed by atoms with E-state index in [0.29, 0.717) is 0 Å². The molecule has 3 heteroatoms. The molecule has 0 fully saturated rings. The van der Waals surface area contributed by atoms with Crippen LogP contribution in [0, 0.1) is 0 Å². The van der Waals surface area contributed by atoms with Crippen LogP contribution in [0.5, 0.6) is 5.75 Å². The Bertz CT molecular complexity index is 154. The summed E-state index contributed by atoms with van der Waals surface area (Å²) in [6.45, 7) is 0. The van der Waals surface area contributed by atoms with E-state index in [4.69, 9.17) is 4.52 Å². The Morgan fingerprint density at radius 2 is 1.67 bits per heavy atom. The van der Waals surface area contributed by atoms with E-state index in [2.05, 4.69) is 9.47 Å². The second-order valence-electron chi connectivity index (χ2n) is 1.43. The third-order valence-electron chi connectivity index (χ3n) is 0.879.